The van der Waals surface area contributed by atoms with E-state index in [-0.39, 0.29) is 0 Å². The van der Waals surface area contributed by atoms with Crippen molar-refractivity contribution in [2.45, 2.75) is 44.4 Å². The fourth-order valence-electron chi connectivity index (χ4n) is 5.64. The first-order valence-corrected chi connectivity index (χ1v) is 7.34. The molecule has 4 aliphatic carbocycles. The Kier molecular flexibility index (Phi) is 2.31. The van der Waals surface area contributed by atoms with Crippen LogP contribution in [0.4, 0.5) is 0 Å². The molecule has 4 bridgehead atoms. The van der Waals surface area contributed by atoms with Gasteiger partial charge in [0.25, 0.3) is 0 Å². The van der Waals surface area contributed by atoms with Crippen molar-refractivity contribution in [3.63, 3.8) is 0 Å². The van der Waals surface area contributed by atoms with E-state index in [1.54, 1.807) is 6.33 Å². The molecule has 0 amide bonds. The van der Waals surface area contributed by atoms with Crippen LogP contribution in [0.5, 0.6) is 0 Å². The van der Waals surface area contributed by atoms with Crippen LogP contribution in [-0.2, 0) is 0 Å². The van der Waals surface area contributed by atoms with Crippen LogP contribution < -0.4 is 5.73 Å². The van der Waals surface area contributed by atoms with E-state index in [4.69, 9.17) is 5.73 Å². The molecule has 4 fully saturated rings. The molecule has 1 heterocycles. The zero-order chi connectivity index (χ0) is 12.2. The molecule has 1 aromatic heterocycles. The Hall–Kier alpha value is -0.900. The first-order valence-electron chi connectivity index (χ1n) is 7.34. The fraction of sp³-hybridized carbons (Fsp3) is 0.857. The molecule has 1 unspecified atom stereocenters. The molecule has 4 aliphatic rings. The normalized spacial score (nSPS) is 43.3. The molecule has 1 atom stereocenters. The lowest BCUT2D eigenvalue weighted by molar-refractivity contribution is -0.0684. The van der Waals surface area contributed by atoms with Crippen molar-refractivity contribution in [1.29, 1.82) is 0 Å². The lowest BCUT2D eigenvalue weighted by atomic mass is 9.46. The van der Waals surface area contributed by atoms with Crippen LogP contribution in [0.2, 0.25) is 0 Å². The summed E-state index contributed by atoms with van der Waals surface area (Å²) in [4.78, 5) is 4.40. The highest BCUT2D eigenvalue weighted by molar-refractivity contribution is 5.12. The van der Waals surface area contributed by atoms with E-state index < -0.39 is 0 Å². The van der Waals surface area contributed by atoms with Gasteiger partial charge in [-0.05, 0) is 61.7 Å². The predicted octanol–water partition coefficient (Wildman–Crippen LogP) is 2.06. The summed E-state index contributed by atoms with van der Waals surface area (Å²) in [7, 11) is 0. The molecule has 3 N–H and O–H groups in total. The third kappa shape index (κ3) is 1.48. The first kappa shape index (κ1) is 11.0. The average Bonchev–Trinajstić information content (AvgIpc) is 2.81. The van der Waals surface area contributed by atoms with Gasteiger partial charge in [-0.2, -0.15) is 5.10 Å². The highest BCUT2D eigenvalue weighted by Gasteiger charge is 2.54. The monoisotopic (exact) mass is 246 g/mol. The molecule has 0 radical (unpaired) electrons. The van der Waals surface area contributed by atoms with Crippen LogP contribution in [0.1, 0.15) is 50.3 Å². The molecule has 5 rings (SSSR count). The summed E-state index contributed by atoms with van der Waals surface area (Å²) < 4.78 is 0. The molecular formula is C14H22N4. The van der Waals surface area contributed by atoms with Gasteiger partial charge in [-0.3, -0.25) is 5.10 Å². The van der Waals surface area contributed by atoms with Crippen molar-refractivity contribution in [2.75, 3.05) is 6.54 Å². The van der Waals surface area contributed by atoms with Crippen molar-refractivity contribution >= 4 is 0 Å². The van der Waals surface area contributed by atoms with Gasteiger partial charge in [0.2, 0.25) is 0 Å². The molecule has 0 aliphatic heterocycles. The molecule has 0 saturated heterocycles. The van der Waals surface area contributed by atoms with Gasteiger partial charge in [0.05, 0.1) is 0 Å². The first-order chi connectivity index (χ1) is 8.79. The quantitative estimate of drug-likeness (QED) is 0.858. The Morgan fingerprint density at radius 3 is 2.28 bits per heavy atom. The summed E-state index contributed by atoms with van der Waals surface area (Å²) in [6, 6.07) is 0. The maximum Gasteiger partial charge on any atom is 0.137 e. The van der Waals surface area contributed by atoms with Crippen molar-refractivity contribution in [3.8, 4) is 0 Å². The van der Waals surface area contributed by atoms with Crippen molar-refractivity contribution in [1.82, 2.24) is 15.2 Å². The molecular weight excluding hydrogens is 224 g/mol. The van der Waals surface area contributed by atoms with Crippen LogP contribution in [0, 0.1) is 23.2 Å². The van der Waals surface area contributed by atoms with E-state index in [1.165, 1.54) is 38.5 Å². The SMILES string of the molecule is NCC(c1ncn[nH]1)C12CC3CC(CC(C3)C1)C2. The van der Waals surface area contributed by atoms with Crippen LogP contribution in [-0.4, -0.2) is 21.7 Å². The van der Waals surface area contributed by atoms with E-state index >= 15 is 0 Å². The Morgan fingerprint density at radius 1 is 1.22 bits per heavy atom. The van der Waals surface area contributed by atoms with Crippen LogP contribution >= 0.6 is 0 Å². The molecule has 4 heteroatoms. The maximum atomic E-state index is 6.10. The minimum absolute atomic E-state index is 0.397. The van der Waals surface area contributed by atoms with E-state index in [0.29, 0.717) is 17.9 Å². The number of hydrogen-bond acceptors (Lipinski definition) is 3. The van der Waals surface area contributed by atoms with Crippen molar-refractivity contribution in [2.24, 2.45) is 28.9 Å². The van der Waals surface area contributed by atoms with E-state index in [0.717, 1.165) is 23.6 Å². The van der Waals surface area contributed by atoms with Crippen molar-refractivity contribution in [3.05, 3.63) is 12.2 Å². The number of nitrogens with one attached hydrogen (secondary N) is 1. The second kappa shape index (κ2) is 3.80. The van der Waals surface area contributed by atoms with Gasteiger partial charge in [-0.25, -0.2) is 4.98 Å². The minimum atomic E-state index is 0.397. The Balaban J connectivity index is 1.70. The largest absolute Gasteiger partial charge is 0.330 e. The summed E-state index contributed by atoms with van der Waals surface area (Å²) >= 11 is 0. The molecule has 0 spiro atoms. The topological polar surface area (TPSA) is 67.6 Å². The smallest absolute Gasteiger partial charge is 0.137 e. The minimum Gasteiger partial charge on any atom is -0.330 e. The molecule has 4 nitrogen and oxygen atoms in total. The third-order valence-electron chi connectivity index (χ3n) is 5.82. The second-order valence-corrected chi connectivity index (χ2v) is 6.94. The fourth-order valence-corrected chi connectivity index (χ4v) is 5.64. The van der Waals surface area contributed by atoms with E-state index in [2.05, 4.69) is 15.2 Å². The third-order valence-corrected chi connectivity index (χ3v) is 5.82. The Bertz CT molecular complexity index is 390. The van der Waals surface area contributed by atoms with Gasteiger partial charge in [-0.15, -0.1) is 0 Å². The summed E-state index contributed by atoms with van der Waals surface area (Å²) in [5.41, 5.74) is 6.53. The van der Waals surface area contributed by atoms with Crippen LogP contribution in [0.3, 0.4) is 0 Å². The number of hydrogen-bond donors (Lipinski definition) is 2. The summed E-state index contributed by atoms with van der Waals surface area (Å²) in [6.45, 7) is 0.710. The van der Waals surface area contributed by atoms with Crippen LogP contribution in [0.25, 0.3) is 0 Å². The van der Waals surface area contributed by atoms with Gasteiger partial charge in [0, 0.05) is 12.5 Å². The second-order valence-electron chi connectivity index (χ2n) is 6.94. The maximum absolute atomic E-state index is 6.10. The number of aromatic nitrogens is 3. The highest BCUT2D eigenvalue weighted by atomic mass is 15.2. The van der Waals surface area contributed by atoms with Crippen molar-refractivity contribution < 1.29 is 0 Å². The number of aromatic amines is 1. The number of H-pyrrole nitrogens is 1. The average molecular weight is 246 g/mol. The lowest BCUT2D eigenvalue weighted by Gasteiger charge is -2.59. The summed E-state index contributed by atoms with van der Waals surface area (Å²) in [5.74, 6) is 4.32. The van der Waals surface area contributed by atoms with E-state index in [9.17, 15) is 0 Å². The zero-order valence-electron chi connectivity index (χ0n) is 10.8. The number of nitrogens with zero attached hydrogens (tertiary/aromatic N) is 2. The summed E-state index contributed by atoms with van der Waals surface area (Å²) in [6.07, 6.45) is 10.2. The Morgan fingerprint density at radius 2 is 1.83 bits per heavy atom. The predicted molar refractivity (Wildman–Crippen MR) is 68.8 cm³/mol. The summed E-state index contributed by atoms with van der Waals surface area (Å²) in [5, 5.41) is 7.10. The molecule has 0 aromatic carbocycles. The van der Waals surface area contributed by atoms with Gasteiger partial charge in [-0.1, -0.05) is 0 Å². The van der Waals surface area contributed by atoms with Crippen LogP contribution in [0.15, 0.2) is 6.33 Å². The van der Waals surface area contributed by atoms with Gasteiger partial charge < -0.3 is 5.73 Å². The standard InChI is InChI=1S/C14H22N4/c15-7-12(13-16-8-17-18-13)14-4-9-1-10(5-14)3-11(2-9)6-14/h8-12H,1-7,15H2,(H,16,17,18). The molecule has 1 aromatic rings. The van der Waals surface area contributed by atoms with Gasteiger partial charge in [0.1, 0.15) is 12.2 Å². The molecule has 18 heavy (non-hydrogen) atoms. The van der Waals surface area contributed by atoms with E-state index in [1.807, 2.05) is 0 Å². The highest BCUT2D eigenvalue weighted by Crippen LogP contribution is 2.64. The zero-order valence-corrected chi connectivity index (χ0v) is 10.8. The number of nitrogens with two attached hydrogens (primary N) is 1. The molecule has 98 valence electrons. The molecule has 4 saturated carbocycles. The van der Waals surface area contributed by atoms with Gasteiger partial charge >= 0.3 is 0 Å². The van der Waals surface area contributed by atoms with Gasteiger partial charge in [0.15, 0.2) is 0 Å². The number of rotatable bonds is 3. The Labute approximate surface area is 108 Å². The lowest BCUT2D eigenvalue weighted by Crippen LogP contribution is -2.50.